The van der Waals surface area contributed by atoms with Gasteiger partial charge in [0, 0.05) is 17.8 Å². The number of hydrogen-bond acceptors (Lipinski definition) is 5. The molecule has 0 radical (unpaired) electrons. The van der Waals surface area contributed by atoms with Crippen LogP contribution in [-0.4, -0.2) is 28.3 Å². The van der Waals surface area contributed by atoms with E-state index in [9.17, 15) is 9.59 Å². The Bertz CT molecular complexity index is 1230. The summed E-state index contributed by atoms with van der Waals surface area (Å²) in [7, 11) is 0. The summed E-state index contributed by atoms with van der Waals surface area (Å²) in [5.74, 6) is 1.40. The Kier molecular flexibility index (Phi) is 7.67. The summed E-state index contributed by atoms with van der Waals surface area (Å²) in [6, 6.07) is 15.1. The van der Waals surface area contributed by atoms with Gasteiger partial charge < -0.3 is 4.74 Å². The van der Waals surface area contributed by atoms with Crippen LogP contribution >= 0.6 is 11.8 Å². The van der Waals surface area contributed by atoms with Crippen LogP contribution in [0.3, 0.4) is 0 Å². The number of nitrogens with one attached hydrogen (secondary N) is 1. The van der Waals surface area contributed by atoms with Gasteiger partial charge >= 0.3 is 11.3 Å². The number of thioether (sulfide) groups is 1. The number of anilines is 1. The van der Waals surface area contributed by atoms with Crippen molar-refractivity contribution in [2.75, 3.05) is 17.3 Å². The molecule has 0 fully saturated rings. The lowest BCUT2D eigenvalue weighted by molar-refractivity contribution is -0.763. The van der Waals surface area contributed by atoms with Crippen LogP contribution in [0.4, 0.5) is 5.69 Å². The van der Waals surface area contributed by atoms with E-state index in [1.807, 2.05) is 48.5 Å². The second-order valence-electron chi connectivity index (χ2n) is 8.27. The van der Waals surface area contributed by atoms with E-state index in [2.05, 4.69) is 18.8 Å². The van der Waals surface area contributed by atoms with Gasteiger partial charge in [0.05, 0.1) is 23.4 Å². The lowest BCUT2D eigenvalue weighted by Gasteiger charge is -2.32. The van der Waals surface area contributed by atoms with Crippen LogP contribution < -0.4 is 19.9 Å². The smallest absolute Gasteiger partial charge is 0.325 e. The molecule has 1 N–H and O–H groups in total. The van der Waals surface area contributed by atoms with E-state index in [0.717, 1.165) is 37.0 Å². The normalized spacial score (nSPS) is 14.4. The minimum absolute atomic E-state index is 0.139. The standard InChI is InChI=1S/C26H30N4O3S/c1-4-6-11-17-34-26-27-24(32)23-19-12-7-9-14-21(19)29(18(3)31)25(30(23)28-26)20-13-8-10-15-22(20)33-16-5-2/h7-10,12-15,25H,4-6,11,16-17H2,1-3H3/p+1/t25-/m0/s1. The lowest BCUT2D eigenvalue weighted by atomic mass is 10.0. The average Bonchev–Trinajstić information content (AvgIpc) is 2.84. The second kappa shape index (κ2) is 10.9. The molecule has 0 aliphatic carbocycles. The molecular weight excluding hydrogens is 448 g/mol. The first-order chi connectivity index (χ1) is 16.6. The SMILES string of the molecule is CCCCCSc1n[n+]2c(c(=O)[nH]1)-c1ccccc1N(C(C)=O)[C@@H]2c1ccccc1OCCC. The fourth-order valence-electron chi connectivity index (χ4n) is 4.22. The minimum atomic E-state index is -0.646. The molecule has 0 spiro atoms. The number of nitrogens with zero attached hydrogens (tertiary/aromatic N) is 3. The van der Waals surface area contributed by atoms with Crippen LogP contribution in [0.5, 0.6) is 5.75 Å². The maximum Gasteiger partial charge on any atom is 0.325 e. The topological polar surface area (TPSA) is 79.2 Å². The molecule has 0 unspecified atom stereocenters. The third kappa shape index (κ3) is 4.73. The molecule has 3 aromatic rings. The van der Waals surface area contributed by atoms with Crippen molar-refractivity contribution in [3.05, 3.63) is 64.4 Å². The lowest BCUT2D eigenvalue weighted by Crippen LogP contribution is -2.60. The molecule has 1 aromatic heterocycles. The Morgan fingerprint density at radius 1 is 1.12 bits per heavy atom. The number of carbonyl (C=O) groups is 1. The monoisotopic (exact) mass is 479 g/mol. The molecule has 178 valence electrons. The molecule has 1 atom stereocenters. The molecule has 7 nitrogen and oxygen atoms in total. The first-order valence-electron chi connectivity index (χ1n) is 11.9. The van der Waals surface area contributed by atoms with Crippen LogP contribution in [0, 0.1) is 0 Å². The highest BCUT2D eigenvalue weighted by Gasteiger charge is 2.46. The first-order valence-corrected chi connectivity index (χ1v) is 12.8. The summed E-state index contributed by atoms with van der Waals surface area (Å²) in [6.07, 6.45) is 3.52. The van der Waals surface area contributed by atoms with Crippen molar-refractivity contribution in [3.63, 3.8) is 0 Å². The Morgan fingerprint density at radius 2 is 1.88 bits per heavy atom. The maximum atomic E-state index is 13.4. The number of amides is 1. The van der Waals surface area contributed by atoms with E-state index >= 15 is 0 Å². The van der Waals surface area contributed by atoms with Gasteiger partial charge in [0.25, 0.3) is 6.17 Å². The minimum Gasteiger partial charge on any atom is -0.493 e. The molecule has 4 rings (SSSR count). The Morgan fingerprint density at radius 3 is 2.65 bits per heavy atom. The van der Waals surface area contributed by atoms with Gasteiger partial charge in [-0.15, -0.1) is 0 Å². The average molecular weight is 480 g/mol. The first kappa shape index (κ1) is 24.0. The van der Waals surface area contributed by atoms with E-state index in [1.165, 1.54) is 11.8 Å². The van der Waals surface area contributed by atoms with Gasteiger partial charge in [0.2, 0.25) is 11.1 Å². The zero-order valence-corrected chi connectivity index (χ0v) is 20.7. The van der Waals surface area contributed by atoms with Gasteiger partial charge in [-0.25, -0.2) is 4.90 Å². The third-order valence-electron chi connectivity index (χ3n) is 5.74. The number of H-pyrrole nitrogens is 1. The van der Waals surface area contributed by atoms with Gasteiger partial charge in [0.15, 0.2) is 0 Å². The molecule has 1 aliphatic rings. The molecule has 0 saturated carbocycles. The van der Waals surface area contributed by atoms with E-state index in [0.29, 0.717) is 34.5 Å². The number of aromatic amines is 1. The molecule has 34 heavy (non-hydrogen) atoms. The van der Waals surface area contributed by atoms with Crippen LogP contribution in [-0.2, 0) is 4.79 Å². The second-order valence-corrected chi connectivity index (χ2v) is 9.36. The van der Waals surface area contributed by atoms with Gasteiger partial charge in [0.1, 0.15) is 5.75 Å². The van der Waals surface area contributed by atoms with Crippen LogP contribution in [0.25, 0.3) is 11.3 Å². The van der Waals surface area contributed by atoms with E-state index < -0.39 is 6.17 Å². The highest BCUT2D eigenvalue weighted by atomic mass is 32.2. The number of fused-ring (bicyclic) bond motifs is 3. The van der Waals surface area contributed by atoms with Crippen molar-refractivity contribution >= 4 is 23.4 Å². The molecular formula is C26H31N4O3S+. The number of ether oxygens (including phenoxy) is 1. The third-order valence-corrected chi connectivity index (χ3v) is 6.69. The predicted molar refractivity (Wildman–Crippen MR) is 134 cm³/mol. The summed E-state index contributed by atoms with van der Waals surface area (Å²) < 4.78 is 7.75. The van der Waals surface area contributed by atoms with Gasteiger partial charge in [-0.1, -0.05) is 62.7 Å². The van der Waals surface area contributed by atoms with Crippen molar-refractivity contribution < 1.29 is 14.2 Å². The number of para-hydroxylation sites is 2. The number of rotatable bonds is 9. The number of carbonyl (C=O) groups excluding carboxylic acids is 1. The summed E-state index contributed by atoms with van der Waals surface area (Å²) in [6.45, 7) is 6.31. The summed E-state index contributed by atoms with van der Waals surface area (Å²) in [4.78, 5) is 31.1. The summed E-state index contributed by atoms with van der Waals surface area (Å²) in [5.41, 5.74) is 2.35. The molecule has 1 amide bonds. The number of unbranched alkanes of at least 4 members (excludes halogenated alkanes) is 2. The van der Waals surface area contributed by atoms with Gasteiger partial charge in [-0.05, 0) is 41.8 Å². The van der Waals surface area contributed by atoms with Crippen molar-refractivity contribution in [3.8, 4) is 17.0 Å². The van der Waals surface area contributed by atoms with Crippen molar-refractivity contribution in [1.82, 2.24) is 10.1 Å². The fraction of sp³-hybridized carbons (Fsp3) is 0.385. The van der Waals surface area contributed by atoms with Crippen LogP contribution in [0.1, 0.15) is 58.2 Å². The van der Waals surface area contributed by atoms with Crippen molar-refractivity contribution in [2.45, 2.75) is 57.8 Å². The Labute approximate surface area is 204 Å². The molecule has 8 heteroatoms. The maximum absolute atomic E-state index is 13.4. The predicted octanol–water partition coefficient (Wildman–Crippen LogP) is 4.71. The van der Waals surface area contributed by atoms with E-state index in [-0.39, 0.29) is 11.5 Å². The number of benzene rings is 2. The Balaban J connectivity index is 1.92. The highest BCUT2D eigenvalue weighted by molar-refractivity contribution is 7.99. The van der Waals surface area contributed by atoms with Gasteiger partial charge in [-0.3, -0.25) is 14.6 Å². The van der Waals surface area contributed by atoms with Crippen LogP contribution in [0.2, 0.25) is 0 Å². The largest absolute Gasteiger partial charge is 0.493 e. The fourth-order valence-corrected chi connectivity index (χ4v) is 5.07. The molecule has 2 heterocycles. The van der Waals surface area contributed by atoms with Crippen molar-refractivity contribution in [1.29, 1.82) is 0 Å². The Hall–Kier alpha value is -3.13. The quantitative estimate of drug-likeness (QED) is 0.273. The molecule has 0 saturated heterocycles. The van der Waals surface area contributed by atoms with E-state index in [1.54, 1.807) is 16.5 Å². The molecule has 0 bridgehead atoms. The summed E-state index contributed by atoms with van der Waals surface area (Å²) >= 11 is 1.53. The number of aromatic nitrogens is 3. The zero-order valence-electron chi connectivity index (χ0n) is 19.9. The van der Waals surface area contributed by atoms with Crippen molar-refractivity contribution in [2.24, 2.45) is 0 Å². The van der Waals surface area contributed by atoms with E-state index in [4.69, 9.17) is 9.84 Å². The molecule has 1 aliphatic heterocycles. The zero-order chi connectivity index (χ0) is 24.1. The van der Waals surface area contributed by atoms with Gasteiger partial charge in [-0.2, -0.15) is 0 Å². The summed E-state index contributed by atoms with van der Waals surface area (Å²) in [5, 5.41) is 5.40. The van der Waals surface area contributed by atoms with Crippen LogP contribution in [0.15, 0.2) is 58.5 Å². The molecule has 2 aromatic carbocycles. The highest BCUT2D eigenvalue weighted by Crippen LogP contribution is 2.39. The number of hydrogen-bond donors (Lipinski definition) is 1.